The van der Waals surface area contributed by atoms with Crippen molar-refractivity contribution in [3.05, 3.63) is 29.3 Å². The van der Waals surface area contributed by atoms with Crippen LogP contribution in [0.1, 0.15) is 20.7 Å². The molecule has 0 aromatic heterocycles. The molecule has 0 atom stereocenters. The Morgan fingerprint density at radius 1 is 1.32 bits per heavy atom. The fraction of sp³-hybridized carbons (Fsp3) is 0.182. The maximum absolute atomic E-state index is 11.6. The second-order valence-electron chi connectivity index (χ2n) is 3.52. The summed E-state index contributed by atoms with van der Waals surface area (Å²) in [5.41, 5.74) is 6.87. The molecule has 0 aliphatic rings. The normalized spacial score (nSPS) is 9.74. The average Bonchev–Trinajstić information content (AvgIpc) is 2.36. The molecule has 1 aromatic rings. The number of carbonyl (C=O) groups excluding carboxylic acids is 3. The average molecular weight is 267 g/mol. The Morgan fingerprint density at radius 2 is 2.00 bits per heavy atom. The van der Waals surface area contributed by atoms with Crippen LogP contribution >= 0.6 is 0 Å². The van der Waals surface area contributed by atoms with E-state index >= 15 is 0 Å². The van der Waals surface area contributed by atoms with Crippen molar-refractivity contribution in [3.8, 4) is 5.75 Å². The minimum absolute atomic E-state index is 0.0975. The predicted octanol–water partition coefficient (Wildman–Crippen LogP) is -1.10. The summed E-state index contributed by atoms with van der Waals surface area (Å²) in [4.78, 5) is 38.1. The lowest BCUT2D eigenvalue weighted by Crippen LogP contribution is -2.33. The van der Waals surface area contributed by atoms with E-state index in [2.05, 4.69) is 10.2 Å². The third-order valence-electron chi connectivity index (χ3n) is 2.12. The number of carbonyl (C=O) groups is 3. The van der Waals surface area contributed by atoms with Crippen LogP contribution in [0.5, 0.6) is 5.75 Å². The first-order valence-corrected chi connectivity index (χ1v) is 5.18. The van der Waals surface area contributed by atoms with Crippen LogP contribution < -0.4 is 16.5 Å². The molecule has 19 heavy (non-hydrogen) atoms. The first-order chi connectivity index (χ1) is 8.95. The van der Waals surface area contributed by atoms with Gasteiger partial charge in [-0.1, -0.05) is 0 Å². The van der Waals surface area contributed by atoms with Crippen molar-refractivity contribution < 1.29 is 24.3 Å². The smallest absolute Gasteiger partial charge is 0.278 e. The fourth-order valence-corrected chi connectivity index (χ4v) is 1.28. The van der Waals surface area contributed by atoms with Gasteiger partial charge in [0.05, 0.1) is 19.2 Å². The summed E-state index contributed by atoms with van der Waals surface area (Å²) < 4.78 is 0. The molecule has 1 rings (SSSR count). The molecule has 0 aliphatic carbocycles. The van der Waals surface area contributed by atoms with E-state index < -0.39 is 17.7 Å². The molecule has 0 saturated heterocycles. The Labute approximate surface area is 108 Å². The Balaban J connectivity index is 2.92. The van der Waals surface area contributed by atoms with Gasteiger partial charge in [0.15, 0.2) is 0 Å². The van der Waals surface area contributed by atoms with Crippen LogP contribution in [-0.4, -0.2) is 36.5 Å². The van der Waals surface area contributed by atoms with Crippen LogP contribution in [0, 0.1) is 0 Å². The molecule has 0 aliphatic heterocycles. The molecule has 0 unspecified atom stereocenters. The van der Waals surface area contributed by atoms with Crippen LogP contribution in [0.4, 0.5) is 0 Å². The van der Waals surface area contributed by atoms with Crippen LogP contribution in [-0.2, 0) is 9.63 Å². The SMILES string of the molecule is CONC(=O)c1cc(C(=O)NCC(N)=O)ccc1O. The number of rotatable bonds is 5. The monoisotopic (exact) mass is 267 g/mol. The maximum atomic E-state index is 11.6. The Morgan fingerprint density at radius 3 is 2.58 bits per heavy atom. The highest BCUT2D eigenvalue weighted by Gasteiger charge is 2.15. The van der Waals surface area contributed by atoms with Gasteiger partial charge in [0.25, 0.3) is 11.8 Å². The third kappa shape index (κ3) is 3.96. The van der Waals surface area contributed by atoms with E-state index in [-0.39, 0.29) is 23.4 Å². The zero-order chi connectivity index (χ0) is 14.4. The number of aromatic hydroxyl groups is 1. The fourth-order valence-electron chi connectivity index (χ4n) is 1.28. The molecule has 0 bridgehead atoms. The van der Waals surface area contributed by atoms with E-state index in [0.29, 0.717) is 0 Å². The number of hydrogen-bond donors (Lipinski definition) is 4. The number of phenols is 1. The molecule has 0 heterocycles. The highest BCUT2D eigenvalue weighted by molar-refractivity contribution is 6.01. The number of nitrogens with two attached hydrogens (primary N) is 1. The lowest BCUT2D eigenvalue weighted by molar-refractivity contribution is -0.117. The van der Waals surface area contributed by atoms with Gasteiger partial charge in [-0.3, -0.25) is 19.2 Å². The molecule has 5 N–H and O–H groups in total. The van der Waals surface area contributed by atoms with Gasteiger partial charge in [0.1, 0.15) is 5.75 Å². The van der Waals surface area contributed by atoms with Crippen molar-refractivity contribution >= 4 is 17.7 Å². The molecule has 0 fully saturated rings. The number of amides is 3. The minimum atomic E-state index is -0.704. The molecular weight excluding hydrogens is 254 g/mol. The largest absolute Gasteiger partial charge is 0.507 e. The summed E-state index contributed by atoms with van der Waals surface area (Å²) >= 11 is 0. The third-order valence-corrected chi connectivity index (χ3v) is 2.12. The van der Waals surface area contributed by atoms with E-state index in [1.807, 2.05) is 5.48 Å². The van der Waals surface area contributed by atoms with Crippen molar-refractivity contribution in [2.45, 2.75) is 0 Å². The lowest BCUT2D eigenvalue weighted by atomic mass is 10.1. The molecule has 102 valence electrons. The highest BCUT2D eigenvalue weighted by Crippen LogP contribution is 2.18. The van der Waals surface area contributed by atoms with Crippen molar-refractivity contribution in [2.24, 2.45) is 5.73 Å². The molecule has 8 nitrogen and oxygen atoms in total. The first-order valence-electron chi connectivity index (χ1n) is 5.18. The minimum Gasteiger partial charge on any atom is -0.507 e. The van der Waals surface area contributed by atoms with Crippen molar-refractivity contribution in [2.75, 3.05) is 13.7 Å². The van der Waals surface area contributed by atoms with Crippen molar-refractivity contribution in [3.63, 3.8) is 0 Å². The number of phenolic OH excluding ortho intramolecular Hbond substituents is 1. The zero-order valence-corrected chi connectivity index (χ0v) is 10.1. The summed E-state index contributed by atoms with van der Waals surface area (Å²) in [6.07, 6.45) is 0. The highest BCUT2D eigenvalue weighted by atomic mass is 16.6. The second-order valence-corrected chi connectivity index (χ2v) is 3.52. The summed E-state index contributed by atoms with van der Waals surface area (Å²) in [5, 5.41) is 11.8. The molecule has 0 saturated carbocycles. The van der Waals surface area contributed by atoms with E-state index in [1.54, 1.807) is 0 Å². The number of nitrogens with one attached hydrogen (secondary N) is 2. The van der Waals surface area contributed by atoms with Gasteiger partial charge < -0.3 is 16.2 Å². The summed E-state index contributed by atoms with van der Waals surface area (Å²) in [6, 6.07) is 3.65. The van der Waals surface area contributed by atoms with Gasteiger partial charge in [-0.2, -0.15) is 0 Å². The van der Waals surface area contributed by atoms with Gasteiger partial charge in [-0.25, -0.2) is 5.48 Å². The maximum Gasteiger partial charge on any atom is 0.278 e. The van der Waals surface area contributed by atoms with Gasteiger partial charge in [0, 0.05) is 5.56 Å². The molecule has 3 amide bonds. The van der Waals surface area contributed by atoms with Crippen LogP contribution in [0.25, 0.3) is 0 Å². The quantitative estimate of drug-likeness (QED) is 0.503. The molecule has 8 heteroatoms. The Kier molecular flexibility index (Phi) is 4.84. The van der Waals surface area contributed by atoms with Crippen molar-refractivity contribution in [1.29, 1.82) is 0 Å². The summed E-state index contributed by atoms with van der Waals surface area (Å²) in [7, 11) is 1.23. The number of hydroxylamine groups is 1. The van der Waals surface area contributed by atoms with Gasteiger partial charge in [0.2, 0.25) is 5.91 Å². The zero-order valence-electron chi connectivity index (χ0n) is 10.1. The summed E-state index contributed by atoms with van der Waals surface area (Å²) in [5.74, 6) is -2.29. The topological polar surface area (TPSA) is 131 Å². The standard InChI is InChI=1S/C11H13N3O5/c1-19-14-11(18)7-4-6(2-3-8(7)15)10(17)13-5-9(12)16/h2-4,15H,5H2,1H3,(H2,12,16)(H,13,17)(H,14,18). The molecule has 1 aromatic carbocycles. The van der Waals surface area contributed by atoms with E-state index in [4.69, 9.17) is 5.73 Å². The van der Waals surface area contributed by atoms with Crippen LogP contribution in [0.15, 0.2) is 18.2 Å². The van der Waals surface area contributed by atoms with Crippen molar-refractivity contribution in [1.82, 2.24) is 10.8 Å². The lowest BCUT2D eigenvalue weighted by Gasteiger charge is -2.07. The molecular formula is C11H13N3O5. The van der Waals surface area contributed by atoms with Crippen LogP contribution in [0.3, 0.4) is 0 Å². The molecule has 0 radical (unpaired) electrons. The summed E-state index contributed by atoms with van der Waals surface area (Å²) in [6.45, 7) is -0.320. The van der Waals surface area contributed by atoms with Gasteiger partial charge >= 0.3 is 0 Å². The van der Waals surface area contributed by atoms with E-state index in [9.17, 15) is 19.5 Å². The Bertz CT molecular complexity index is 515. The van der Waals surface area contributed by atoms with Crippen LogP contribution in [0.2, 0.25) is 0 Å². The second kappa shape index (κ2) is 6.36. The van der Waals surface area contributed by atoms with Gasteiger partial charge in [-0.15, -0.1) is 0 Å². The first kappa shape index (κ1) is 14.5. The number of hydrogen-bond acceptors (Lipinski definition) is 5. The van der Waals surface area contributed by atoms with Gasteiger partial charge in [-0.05, 0) is 18.2 Å². The van der Waals surface area contributed by atoms with E-state index in [1.165, 1.54) is 25.3 Å². The van der Waals surface area contributed by atoms with E-state index in [0.717, 1.165) is 0 Å². The predicted molar refractivity (Wildman–Crippen MR) is 64.1 cm³/mol. The number of primary amides is 1. The molecule has 0 spiro atoms. The Hall–Kier alpha value is -2.61. The number of benzene rings is 1.